The number of primary amides is 1. The molecule has 0 spiro atoms. The van der Waals surface area contributed by atoms with Gasteiger partial charge in [-0.2, -0.15) is 0 Å². The Morgan fingerprint density at radius 2 is 1.06 bits per heavy atom. The van der Waals surface area contributed by atoms with E-state index in [9.17, 15) is 4.79 Å². The van der Waals surface area contributed by atoms with Gasteiger partial charge in [0.25, 0.3) is 0 Å². The van der Waals surface area contributed by atoms with Gasteiger partial charge in [-0.25, -0.2) is 0 Å². The summed E-state index contributed by atoms with van der Waals surface area (Å²) in [6.45, 7) is 2.26. The molecule has 0 saturated carbocycles. The minimum atomic E-state index is -0.155. The minimum absolute atomic E-state index is 0.155. The summed E-state index contributed by atoms with van der Waals surface area (Å²) in [7, 11) is 0. The van der Waals surface area contributed by atoms with Crippen LogP contribution in [0.3, 0.4) is 0 Å². The van der Waals surface area contributed by atoms with Crippen LogP contribution >= 0.6 is 0 Å². The Balaban J connectivity index is 2.91. The molecule has 0 aromatic carbocycles. The molecule has 0 aromatic heterocycles. The molecule has 0 bridgehead atoms. The lowest BCUT2D eigenvalue weighted by Gasteiger charge is -2.02. The van der Waals surface area contributed by atoms with Gasteiger partial charge in [-0.3, -0.25) is 4.79 Å². The van der Waals surface area contributed by atoms with E-state index >= 15 is 0 Å². The predicted octanol–water partition coefficient (Wildman–Crippen LogP) is 4.56. The number of unbranched alkanes of at least 4 members (excludes halogenated alkanes) is 11. The molecule has 1 amide bonds. The van der Waals surface area contributed by atoms with Crippen molar-refractivity contribution < 1.29 is 4.79 Å². The smallest absolute Gasteiger partial charge is 0.217 e. The largest absolute Gasteiger partial charge is 0.370 e. The van der Waals surface area contributed by atoms with Gasteiger partial charge in [0.2, 0.25) is 5.91 Å². The fourth-order valence-electron chi connectivity index (χ4n) is 2.14. The molecule has 0 fully saturated rings. The Morgan fingerprint density at radius 3 is 1.41 bits per heavy atom. The molecule has 0 rings (SSSR count). The Labute approximate surface area is 107 Å². The van der Waals surface area contributed by atoms with E-state index in [1.54, 1.807) is 0 Å². The van der Waals surface area contributed by atoms with Crippen molar-refractivity contribution in [3.05, 3.63) is 0 Å². The van der Waals surface area contributed by atoms with Crippen molar-refractivity contribution in [1.82, 2.24) is 0 Å². The second kappa shape index (κ2) is 13.5. The molecule has 0 heterocycles. The zero-order valence-corrected chi connectivity index (χ0v) is 11.7. The Morgan fingerprint density at radius 1 is 0.706 bits per heavy atom. The number of carbonyl (C=O) groups excluding carboxylic acids is 1. The second-order valence-electron chi connectivity index (χ2n) is 5.11. The average molecular weight is 241 g/mol. The van der Waals surface area contributed by atoms with E-state index < -0.39 is 0 Å². The van der Waals surface area contributed by atoms with Crippen LogP contribution in [0.5, 0.6) is 0 Å². The summed E-state index contributed by atoms with van der Waals surface area (Å²) in [5, 5.41) is 0. The molecule has 0 aliphatic carbocycles. The summed E-state index contributed by atoms with van der Waals surface area (Å²) in [5.41, 5.74) is 5.08. The van der Waals surface area contributed by atoms with Crippen LogP contribution in [0.15, 0.2) is 0 Å². The highest BCUT2D eigenvalue weighted by Crippen LogP contribution is 2.12. The number of hydrogen-bond donors (Lipinski definition) is 1. The van der Waals surface area contributed by atoms with E-state index in [1.165, 1.54) is 70.6 Å². The van der Waals surface area contributed by atoms with Gasteiger partial charge in [-0.15, -0.1) is 0 Å². The molecule has 102 valence electrons. The van der Waals surface area contributed by atoms with Gasteiger partial charge in [0, 0.05) is 6.42 Å². The standard InChI is InChI=1S/C15H31NO/c1-2-3-4-5-6-7-8-9-10-11-12-13-14-15(16)17/h2-14H2,1H3,(H2,16,17). The van der Waals surface area contributed by atoms with Crippen molar-refractivity contribution in [3.8, 4) is 0 Å². The van der Waals surface area contributed by atoms with E-state index in [0.29, 0.717) is 6.42 Å². The molecule has 0 saturated heterocycles. The fourth-order valence-corrected chi connectivity index (χ4v) is 2.14. The number of rotatable bonds is 13. The van der Waals surface area contributed by atoms with Crippen LogP contribution < -0.4 is 5.73 Å². The molecule has 0 aromatic rings. The van der Waals surface area contributed by atoms with Crippen molar-refractivity contribution in [2.75, 3.05) is 0 Å². The molecule has 2 heteroatoms. The number of nitrogens with two attached hydrogens (primary N) is 1. The Kier molecular flexibility index (Phi) is 13.1. The van der Waals surface area contributed by atoms with Gasteiger partial charge < -0.3 is 5.73 Å². The van der Waals surface area contributed by atoms with Crippen molar-refractivity contribution in [1.29, 1.82) is 0 Å². The molecule has 0 aliphatic heterocycles. The van der Waals surface area contributed by atoms with Crippen LogP contribution in [0.25, 0.3) is 0 Å². The second-order valence-corrected chi connectivity index (χ2v) is 5.11. The van der Waals surface area contributed by atoms with Crippen LogP contribution in [0.2, 0.25) is 0 Å². The first-order chi connectivity index (χ1) is 8.27. The fraction of sp³-hybridized carbons (Fsp3) is 0.933. The molecule has 0 atom stereocenters. The van der Waals surface area contributed by atoms with E-state index in [4.69, 9.17) is 5.73 Å². The van der Waals surface area contributed by atoms with Crippen molar-refractivity contribution in [2.24, 2.45) is 5.73 Å². The lowest BCUT2D eigenvalue weighted by atomic mass is 10.0. The van der Waals surface area contributed by atoms with Gasteiger partial charge in [0.1, 0.15) is 0 Å². The van der Waals surface area contributed by atoms with Gasteiger partial charge in [0.05, 0.1) is 0 Å². The summed E-state index contributed by atoms with van der Waals surface area (Å²) < 4.78 is 0. The van der Waals surface area contributed by atoms with Crippen LogP contribution in [-0.4, -0.2) is 5.91 Å². The SMILES string of the molecule is CCCCCCCCCCCCCCC(N)=O. The Hall–Kier alpha value is -0.530. The maximum Gasteiger partial charge on any atom is 0.217 e. The molecule has 2 nitrogen and oxygen atoms in total. The molecule has 2 N–H and O–H groups in total. The van der Waals surface area contributed by atoms with E-state index in [0.717, 1.165) is 6.42 Å². The summed E-state index contributed by atoms with van der Waals surface area (Å²) in [6.07, 6.45) is 16.5. The zero-order chi connectivity index (χ0) is 12.8. The average Bonchev–Trinajstić information content (AvgIpc) is 2.30. The summed E-state index contributed by atoms with van der Waals surface area (Å²) in [5.74, 6) is -0.155. The molecule has 0 radical (unpaired) electrons. The predicted molar refractivity (Wildman–Crippen MR) is 74.9 cm³/mol. The van der Waals surface area contributed by atoms with E-state index in [1.807, 2.05) is 0 Å². The highest BCUT2D eigenvalue weighted by molar-refractivity contribution is 5.73. The maximum atomic E-state index is 10.5. The van der Waals surface area contributed by atoms with Gasteiger partial charge >= 0.3 is 0 Å². The van der Waals surface area contributed by atoms with Crippen molar-refractivity contribution in [3.63, 3.8) is 0 Å². The topological polar surface area (TPSA) is 43.1 Å². The molecule has 0 aliphatic rings. The van der Waals surface area contributed by atoms with E-state index in [2.05, 4.69) is 6.92 Å². The third kappa shape index (κ3) is 15.5. The normalized spacial score (nSPS) is 10.6. The number of amides is 1. The summed E-state index contributed by atoms with van der Waals surface area (Å²) in [6, 6.07) is 0. The third-order valence-electron chi connectivity index (χ3n) is 3.28. The zero-order valence-electron chi connectivity index (χ0n) is 11.7. The van der Waals surface area contributed by atoms with Gasteiger partial charge in [-0.05, 0) is 6.42 Å². The van der Waals surface area contributed by atoms with Crippen molar-refractivity contribution in [2.45, 2.75) is 90.4 Å². The van der Waals surface area contributed by atoms with Crippen molar-refractivity contribution >= 4 is 5.91 Å². The molecule has 17 heavy (non-hydrogen) atoms. The molecular weight excluding hydrogens is 210 g/mol. The van der Waals surface area contributed by atoms with Crippen LogP contribution in [0.1, 0.15) is 90.4 Å². The molecular formula is C15H31NO. The monoisotopic (exact) mass is 241 g/mol. The maximum absolute atomic E-state index is 10.5. The lowest BCUT2D eigenvalue weighted by Crippen LogP contribution is -2.09. The molecule has 0 unspecified atom stereocenters. The van der Waals surface area contributed by atoms with Gasteiger partial charge in [-0.1, -0.05) is 77.6 Å². The first-order valence-electron chi connectivity index (χ1n) is 7.55. The van der Waals surface area contributed by atoms with Crippen LogP contribution in [0, 0.1) is 0 Å². The van der Waals surface area contributed by atoms with E-state index in [-0.39, 0.29) is 5.91 Å². The summed E-state index contributed by atoms with van der Waals surface area (Å²) in [4.78, 5) is 10.5. The lowest BCUT2D eigenvalue weighted by molar-refractivity contribution is -0.118. The first-order valence-corrected chi connectivity index (χ1v) is 7.55. The number of carbonyl (C=O) groups is 1. The quantitative estimate of drug-likeness (QED) is 0.472. The highest BCUT2D eigenvalue weighted by atomic mass is 16.1. The van der Waals surface area contributed by atoms with Crippen LogP contribution in [-0.2, 0) is 4.79 Å². The Bertz CT molecular complexity index is 168. The minimum Gasteiger partial charge on any atom is -0.370 e. The van der Waals surface area contributed by atoms with Gasteiger partial charge in [0.15, 0.2) is 0 Å². The van der Waals surface area contributed by atoms with Crippen LogP contribution in [0.4, 0.5) is 0 Å². The third-order valence-corrected chi connectivity index (χ3v) is 3.28. The number of hydrogen-bond acceptors (Lipinski definition) is 1. The first kappa shape index (κ1) is 16.5. The summed E-state index contributed by atoms with van der Waals surface area (Å²) >= 11 is 0. The highest BCUT2D eigenvalue weighted by Gasteiger charge is 1.95.